The third-order valence-corrected chi connectivity index (χ3v) is 7.77. The second kappa shape index (κ2) is 6.06. The number of hydrogen-bond donors (Lipinski definition) is 0. The van der Waals surface area contributed by atoms with E-state index in [0.29, 0.717) is 35.7 Å². The zero-order chi connectivity index (χ0) is 18.9. The lowest BCUT2D eigenvalue weighted by Crippen LogP contribution is -2.59. The predicted octanol–water partition coefficient (Wildman–Crippen LogP) is 4.53. The Hall–Kier alpha value is -1.88. The molecule has 28 heavy (non-hydrogen) atoms. The monoisotopic (exact) mass is 397 g/mol. The molecule has 4 aliphatic carbocycles. The van der Waals surface area contributed by atoms with E-state index in [0.717, 1.165) is 42.6 Å². The Labute approximate surface area is 169 Å². The summed E-state index contributed by atoms with van der Waals surface area (Å²) in [5, 5.41) is 4.76. The van der Waals surface area contributed by atoms with Crippen LogP contribution in [0, 0.1) is 23.2 Å². The number of amides is 1. The van der Waals surface area contributed by atoms with Gasteiger partial charge in [0.2, 0.25) is 17.6 Å². The van der Waals surface area contributed by atoms with E-state index in [1.54, 1.807) is 0 Å². The van der Waals surface area contributed by atoms with Crippen LogP contribution in [-0.4, -0.2) is 34.0 Å². The van der Waals surface area contributed by atoms with E-state index in [-0.39, 0.29) is 11.3 Å². The Morgan fingerprint density at radius 2 is 1.79 bits per heavy atom. The molecule has 5 nitrogen and oxygen atoms in total. The topological polar surface area (TPSA) is 59.2 Å². The minimum absolute atomic E-state index is 0.0550. The van der Waals surface area contributed by atoms with E-state index in [4.69, 9.17) is 16.1 Å². The maximum absolute atomic E-state index is 13.4. The van der Waals surface area contributed by atoms with Gasteiger partial charge in [-0.05, 0) is 68.4 Å². The van der Waals surface area contributed by atoms with Crippen molar-refractivity contribution in [3.8, 4) is 11.4 Å². The molecule has 0 atom stereocenters. The zero-order valence-corrected chi connectivity index (χ0v) is 16.6. The molecule has 1 amide bonds. The number of rotatable bonds is 3. The molecule has 7 rings (SSSR count). The van der Waals surface area contributed by atoms with Gasteiger partial charge in [0, 0.05) is 23.7 Å². The van der Waals surface area contributed by atoms with Crippen LogP contribution in [-0.2, 0) is 4.79 Å². The predicted molar refractivity (Wildman–Crippen MR) is 105 cm³/mol. The summed E-state index contributed by atoms with van der Waals surface area (Å²) in [4.78, 5) is 20.0. The third kappa shape index (κ3) is 2.62. The molecule has 0 spiro atoms. The number of hydrogen-bond acceptors (Lipinski definition) is 4. The average Bonchev–Trinajstić information content (AvgIpc) is 3.09. The molecule has 1 aliphatic heterocycles. The Morgan fingerprint density at radius 1 is 1.11 bits per heavy atom. The van der Waals surface area contributed by atoms with Crippen LogP contribution in [0.5, 0.6) is 0 Å². The summed E-state index contributed by atoms with van der Waals surface area (Å²) in [7, 11) is 0. The molecule has 2 heterocycles. The first-order valence-corrected chi connectivity index (χ1v) is 10.8. The first-order chi connectivity index (χ1) is 13.6. The van der Waals surface area contributed by atoms with Crippen LogP contribution in [0.15, 0.2) is 28.8 Å². The molecular formula is C22H24ClN3O2. The first-order valence-electron chi connectivity index (χ1n) is 10.5. The maximum atomic E-state index is 13.4. The summed E-state index contributed by atoms with van der Waals surface area (Å²) in [6, 6.07) is 7.46. The molecule has 6 heteroatoms. The summed E-state index contributed by atoms with van der Waals surface area (Å²) >= 11 is 6.06. The van der Waals surface area contributed by atoms with E-state index in [1.807, 2.05) is 29.2 Å². The van der Waals surface area contributed by atoms with Crippen LogP contribution < -0.4 is 0 Å². The quantitative estimate of drug-likeness (QED) is 0.763. The highest BCUT2D eigenvalue weighted by atomic mass is 35.5. The molecule has 146 valence electrons. The molecule has 0 radical (unpaired) electrons. The van der Waals surface area contributed by atoms with Gasteiger partial charge in [-0.3, -0.25) is 4.79 Å². The molecular weight excluding hydrogens is 374 g/mol. The number of benzene rings is 1. The number of nitrogens with zero attached hydrogens (tertiary/aromatic N) is 3. The van der Waals surface area contributed by atoms with Gasteiger partial charge in [0.05, 0.1) is 11.3 Å². The lowest BCUT2D eigenvalue weighted by molar-refractivity contribution is -0.162. The minimum Gasteiger partial charge on any atom is -0.340 e. The van der Waals surface area contributed by atoms with Crippen LogP contribution >= 0.6 is 11.6 Å². The van der Waals surface area contributed by atoms with Crippen molar-refractivity contribution in [1.82, 2.24) is 15.0 Å². The van der Waals surface area contributed by atoms with Gasteiger partial charge in [-0.25, -0.2) is 0 Å². The number of carbonyl (C=O) groups excluding carboxylic acids is 1. The van der Waals surface area contributed by atoms with E-state index < -0.39 is 0 Å². The van der Waals surface area contributed by atoms with Crippen LogP contribution in [0.25, 0.3) is 11.4 Å². The summed E-state index contributed by atoms with van der Waals surface area (Å²) in [5.41, 5.74) is 0.795. The van der Waals surface area contributed by atoms with Crippen molar-refractivity contribution in [2.45, 2.75) is 44.4 Å². The van der Waals surface area contributed by atoms with E-state index in [9.17, 15) is 4.79 Å². The Balaban J connectivity index is 1.14. The first kappa shape index (κ1) is 17.0. The van der Waals surface area contributed by atoms with Crippen molar-refractivity contribution in [3.63, 3.8) is 0 Å². The van der Waals surface area contributed by atoms with Crippen LogP contribution in [0.2, 0.25) is 5.02 Å². The second-order valence-electron chi connectivity index (χ2n) is 9.57. The highest BCUT2D eigenvalue weighted by Gasteiger charge is 2.56. The molecule has 0 unspecified atom stereocenters. The van der Waals surface area contributed by atoms with Gasteiger partial charge in [0.1, 0.15) is 0 Å². The van der Waals surface area contributed by atoms with E-state index >= 15 is 0 Å². The van der Waals surface area contributed by atoms with Gasteiger partial charge >= 0.3 is 0 Å². The highest BCUT2D eigenvalue weighted by Crippen LogP contribution is 2.61. The number of carbonyl (C=O) groups is 1. The molecule has 5 aliphatic rings. The maximum Gasteiger partial charge on any atom is 0.233 e. The lowest BCUT2D eigenvalue weighted by Gasteiger charge is -2.57. The molecule has 5 fully saturated rings. The smallest absolute Gasteiger partial charge is 0.233 e. The van der Waals surface area contributed by atoms with E-state index in [1.165, 1.54) is 19.3 Å². The van der Waals surface area contributed by atoms with Crippen molar-refractivity contribution in [3.05, 3.63) is 35.2 Å². The van der Waals surface area contributed by atoms with Gasteiger partial charge < -0.3 is 9.42 Å². The van der Waals surface area contributed by atoms with Crippen LogP contribution in [0.3, 0.4) is 0 Å². The fourth-order valence-corrected chi connectivity index (χ4v) is 6.84. The number of likely N-dealkylation sites (tertiary alicyclic amines) is 1. The molecule has 1 aromatic heterocycles. The summed E-state index contributed by atoms with van der Waals surface area (Å²) < 4.78 is 5.50. The van der Waals surface area contributed by atoms with Crippen molar-refractivity contribution >= 4 is 17.5 Å². The fraction of sp³-hybridized carbons (Fsp3) is 0.591. The third-order valence-electron chi connectivity index (χ3n) is 7.53. The van der Waals surface area contributed by atoms with Crippen LogP contribution in [0.1, 0.15) is 50.3 Å². The lowest BCUT2D eigenvalue weighted by atomic mass is 9.49. The molecule has 4 saturated carbocycles. The van der Waals surface area contributed by atoms with Crippen molar-refractivity contribution in [2.24, 2.45) is 23.2 Å². The standard InChI is InChI=1S/C22H24ClN3O2/c23-18-3-1-2-16(7-18)19-24-20(28-25-19)17-11-26(12-17)21(27)22-8-13-4-14(9-22)6-15(5-13)10-22/h1-3,7,13-15,17H,4-6,8-12H2. The number of aromatic nitrogens is 2. The van der Waals surface area contributed by atoms with Gasteiger partial charge in [-0.2, -0.15) is 4.98 Å². The Bertz CT molecular complexity index is 898. The van der Waals surface area contributed by atoms with Gasteiger partial charge in [-0.15, -0.1) is 0 Å². The van der Waals surface area contributed by atoms with Crippen molar-refractivity contribution in [2.75, 3.05) is 13.1 Å². The average molecular weight is 398 g/mol. The summed E-state index contributed by atoms with van der Waals surface area (Å²) in [6.07, 6.45) is 7.46. The molecule has 0 N–H and O–H groups in total. The SMILES string of the molecule is O=C(N1CC(c2nc(-c3cccc(Cl)c3)no2)C1)C12CC3CC(CC(C3)C1)C2. The minimum atomic E-state index is -0.0550. The second-order valence-corrected chi connectivity index (χ2v) is 10.0. The summed E-state index contributed by atoms with van der Waals surface area (Å²) in [6.45, 7) is 1.41. The molecule has 4 bridgehead atoms. The van der Waals surface area contributed by atoms with E-state index in [2.05, 4.69) is 10.1 Å². The van der Waals surface area contributed by atoms with Crippen molar-refractivity contribution < 1.29 is 9.32 Å². The van der Waals surface area contributed by atoms with Gasteiger partial charge in [0.15, 0.2) is 0 Å². The summed E-state index contributed by atoms with van der Waals surface area (Å²) in [5.74, 6) is 4.12. The van der Waals surface area contributed by atoms with Crippen LogP contribution in [0.4, 0.5) is 0 Å². The molecule has 2 aromatic rings. The highest BCUT2D eigenvalue weighted by molar-refractivity contribution is 6.30. The van der Waals surface area contributed by atoms with Gasteiger partial charge in [-0.1, -0.05) is 28.9 Å². The largest absolute Gasteiger partial charge is 0.340 e. The van der Waals surface area contributed by atoms with Gasteiger partial charge in [0.25, 0.3) is 0 Å². The molecule has 1 aromatic carbocycles. The Morgan fingerprint density at radius 3 is 2.43 bits per heavy atom. The normalized spacial score (nSPS) is 33.9. The fourth-order valence-electron chi connectivity index (χ4n) is 6.65. The number of halogens is 1. The molecule has 1 saturated heterocycles. The zero-order valence-electron chi connectivity index (χ0n) is 15.8. The van der Waals surface area contributed by atoms with Crippen molar-refractivity contribution in [1.29, 1.82) is 0 Å². The Kier molecular flexibility index (Phi) is 3.68.